The van der Waals surface area contributed by atoms with Gasteiger partial charge in [-0.25, -0.2) is 4.39 Å². The molecule has 2 aromatic rings. The molecule has 0 saturated heterocycles. The van der Waals surface area contributed by atoms with E-state index < -0.39 is 5.82 Å². The molecule has 0 spiro atoms. The summed E-state index contributed by atoms with van der Waals surface area (Å²) in [5, 5.41) is 0.864. The summed E-state index contributed by atoms with van der Waals surface area (Å²) in [6.45, 7) is 0.149. The van der Waals surface area contributed by atoms with Crippen LogP contribution >= 0.6 is 34.8 Å². The van der Waals surface area contributed by atoms with Crippen LogP contribution in [0.4, 0.5) is 4.39 Å². The molecule has 0 aromatic heterocycles. The highest BCUT2D eigenvalue weighted by Crippen LogP contribution is 2.27. The van der Waals surface area contributed by atoms with Crippen molar-refractivity contribution < 1.29 is 9.13 Å². The third kappa shape index (κ3) is 3.53. The van der Waals surface area contributed by atoms with Crippen molar-refractivity contribution in [2.45, 2.75) is 12.5 Å². The first-order valence-electron chi connectivity index (χ1n) is 5.52. The zero-order valence-electron chi connectivity index (χ0n) is 9.80. The first kappa shape index (κ1) is 14.4. The summed E-state index contributed by atoms with van der Waals surface area (Å²) in [5.74, 6) is -0.0293. The zero-order valence-corrected chi connectivity index (χ0v) is 12.1. The van der Waals surface area contributed by atoms with Crippen molar-refractivity contribution in [1.29, 1.82) is 0 Å². The van der Waals surface area contributed by atoms with Crippen LogP contribution in [0.25, 0.3) is 0 Å². The van der Waals surface area contributed by atoms with Gasteiger partial charge in [0.2, 0.25) is 0 Å². The van der Waals surface area contributed by atoms with Crippen molar-refractivity contribution in [2.75, 3.05) is 0 Å². The van der Waals surface area contributed by atoms with Gasteiger partial charge < -0.3 is 4.74 Å². The molecule has 0 bridgehead atoms. The maximum Gasteiger partial charge on any atom is 0.165 e. The SMILES string of the molecule is Fc1cc(CCl)ccc1OCc1cccc(Cl)c1Cl. The first-order valence-corrected chi connectivity index (χ1v) is 6.81. The van der Waals surface area contributed by atoms with Gasteiger partial charge in [-0.15, -0.1) is 11.6 Å². The van der Waals surface area contributed by atoms with Gasteiger partial charge in [-0.3, -0.25) is 0 Å². The van der Waals surface area contributed by atoms with Gasteiger partial charge in [-0.1, -0.05) is 41.4 Å². The summed E-state index contributed by atoms with van der Waals surface area (Å²) in [7, 11) is 0. The highest BCUT2D eigenvalue weighted by atomic mass is 35.5. The minimum Gasteiger partial charge on any atom is -0.486 e. The standard InChI is InChI=1S/C14H10Cl3FO/c15-7-9-4-5-13(12(18)6-9)19-8-10-2-1-3-11(16)14(10)17/h1-6H,7-8H2. The van der Waals surface area contributed by atoms with Crippen LogP contribution in [-0.4, -0.2) is 0 Å². The second kappa shape index (κ2) is 6.47. The Kier molecular flexibility index (Phi) is 4.92. The Morgan fingerprint density at radius 1 is 1.11 bits per heavy atom. The van der Waals surface area contributed by atoms with Gasteiger partial charge >= 0.3 is 0 Å². The molecule has 0 radical (unpaired) electrons. The summed E-state index contributed by atoms with van der Waals surface area (Å²) in [4.78, 5) is 0. The van der Waals surface area contributed by atoms with E-state index in [1.807, 2.05) is 0 Å². The van der Waals surface area contributed by atoms with Gasteiger partial charge in [0, 0.05) is 11.4 Å². The van der Waals surface area contributed by atoms with Crippen molar-refractivity contribution in [3.05, 3.63) is 63.4 Å². The van der Waals surface area contributed by atoms with Gasteiger partial charge in [-0.2, -0.15) is 0 Å². The monoisotopic (exact) mass is 318 g/mol. The molecule has 0 unspecified atom stereocenters. The number of halogens is 4. The second-order valence-electron chi connectivity index (χ2n) is 3.90. The van der Waals surface area contributed by atoms with E-state index in [-0.39, 0.29) is 18.2 Å². The zero-order chi connectivity index (χ0) is 13.8. The normalized spacial score (nSPS) is 10.5. The molecular weight excluding hydrogens is 310 g/mol. The molecule has 0 aliphatic heterocycles. The molecule has 0 aliphatic carbocycles. The Hall–Kier alpha value is -0.960. The van der Waals surface area contributed by atoms with Gasteiger partial charge in [0.05, 0.1) is 10.0 Å². The maximum atomic E-state index is 13.7. The lowest BCUT2D eigenvalue weighted by molar-refractivity contribution is 0.290. The summed E-state index contributed by atoms with van der Waals surface area (Å²) >= 11 is 17.5. The second-order valence-corrected chi connectivity index (χ2v) is 4.95. The predicted molar refractivity (Wildman–Crippen MR) is 76.8 cm³/mol. The Morgan fingerprint density at radius 2 is 1.89 bits per heavy atom. The summed E-state index contributed by atoms with van der Waals surface area (Å²) in [5.41, 5.74) is 1.40. The van der Waals surface area contributed by atoms with Crippen LogP contribution in [0.1, 0.15) is 11.1 Å². The van der Waals surface area contributed by atoms with Crippen LogP contribution < -0.4 is 4.74 Å². The lowest BCUT2D eigenvalue weighted by Crippen LogP contribution is -1.99. The van der Waals surface area contributed by atoms with Crippen molar-refractivity contribution in [2.24, 2.45) is 0 Å². The molecule has 5 heteroatoms. The maximum absolute atomic E-state index is 13.7. The van der Waals surface area contributed by atoms with Crippen molar-refractivity contribution in [3.8, 4) is 5.75 Å². The molecule has 0 saturated carbocycles. The number of ether oxygens (including phenoxy) is 1. The van der Waals surface area contributed by atoms with Crippen molar-refractivity contribution >= 4 is 34.8 Å². The van der Waals surface area contributed by atoms with Gasteiger partial charge in [0.1, 0.15) is 6.61 Å². The average Bonchev–Trinajstić information content (AvgIpc) is 2.41. The Morgan fingerprint density at radius 3 is 2.58 bits per heavy atom. The number of hydrogen-bond acceptors (Lipinski definition) is 1. The van der Waals surface area contributed by atoms with Crippen molar-refractivity contribution in [3.63, 3.8) is 0 Å². The van der Waals surface area contributed by atoms with Crippen molar-refractivity contribution in [1.82, 2.24) is 0 Å². The lowest BCUT2D eigenvalue weighted by atomic mass is 10.2. The van der Waals surface area contributed by atoms with Crippen LogP contribution in [-0.2, 0) is 12.5 Å². The molecule has 2 aromatic carbocycles. The Labute approximate surface area is 125 Å². The molecule has 0 N–H and O–H groups in total. The van der Waals surface area contributed by atoms with E-state index in [2.05, 4.69) is 0 Å². The molecule has 0 amide bonds. The van der Waals surface area contributed by atoms with Gasteiger partial charge in [-0.05, 0) is 23.8 Å². The molecule has 1 nitrogen and oxygen atoms in total. The van der Waals surface area contributed by atoms with Crippen LogP contribution in [0.3, 0.4) is 0 Å². The van der Waals surface area contributed by atoms with Gasteiger partial charge in [0.15, 0.2) is 11.6 Å². The molecule has 100 valence electrons. The Balaban J connectivity index is 2.12. The number of rotatable bonds is 4. The fourth-order valence-electron chi connectivity index (χ4n) is 1.56. The first-order chi connectivity index (χ1) is 9.11. The average molecular weight is 320 g/mol. The quantitative estimate of drug-likeness (QED) is 0.681. The van der Waals surface area contributed by atoms with E-state index in [0.717, 1.165) is 0 Å². The highest BCUT2D eigenvalue weighted by molar-refractivity contribution is 6.42. The van der Waals surface area contributed by atoms with Crippen LogP contribution in [0.2, 0.25) is 10.0 Å². The molecule has 19 heavy (non-hydrogen) atoms. The predicted octanol–water partition coefficient (Wildman–Crippen LogP) is 5.45. The fraction of sp³-hybridized carbons (Fsp3) is 0.143. The number of alkyl halides is 1. The molecule has 2 rings (SSSR count). The van der Waals surface area contributed by atoms with E-state index in [1.54, 1.807) is 30.3 Å². The Bertz CT molecular complexity index is 587. The lowest BCUT2D eigenvalue weighted by Gasteiger charge is -2.10. The van der Waals surface area contributed by atoms with E-state index in [1.165, 1.54) is 6.07 Å². The topological polar surface area (TPSA) is 9.23 Å². The highest BCUT2D eigenvalue weighted by Gasteiger charge is 2.08. The minimum atomic E-state index is -0.448. The third-order valence-electron chi connectivity index (χ3n) is 2.57. The summed E-state index contributed by atoms with van der Waals surface area (Å²) in [6, 6.07) is 9.83. The summed E-state index contributed by atoms with van der Waals surface area (Å²) in [6.07, 6.45) is 0. The fourth-order valence-corrected chi connectivity index (χ4v) is 2.10. The number of hydrogen-bond donors (Lipinski definition) is 0. The van der Waals surface area contributed by atoms with Crippen LogP contribution in [0.15, 0.2) is 36.4 Å². The van der Waals surface area contributed by atoms with Gasteiger partial charge in [0.25, 0.3) is 0 Å². The van der Waals surface area contributed by atoms with E-state index in [4.69, 9.17) is 39.5 Å². The number of benzene rings is 2. The van der Waals surface area contributed by atoms with E-state index >= 15 is 0 Å². The van der Waals surface area contributed by atoms with Crippen LogP contribution in [0, 0.1) is 5.82 Å². The summed E-state index contributed by atoms with van der Waals surface area (Å²) < 4.78 is 19.1. The smallest absolute Gasteiger partial charge is 0.165 e. The van der Waals surface area contributed by atoms with E-state index in [9.17, 15) is 4.39 Å². The largest absolute Gasteiger partial charge is 0.486 e. The molecular formula is C14H10Cl3FO. The van der Waals surface area contributed by atoms with Crippen LogP contribution in [0.5, 0.6) is 5.75 Å². The minimum absolute atomic E-state index is 0.149. The molecule has 0 aliphatic rings. The molecule has 0 heterocycles. The third-order valence-corrected chi connectivity index (χ3v) is 3.73. The van der Waals surface area contributed by atoms with E-state index in [0.29, 0.717) is 21.2 Å². The molecule has 0 atom stereocenters. The molecule has 0 fully saturated rings.